The molecule has 23 heavy (non-hydrogen) atoms. The quantitative estimate of drug-likeness (QED) is 0.654. The van der Waals surface area contributed by atoms with Crippen molar-refractivity contribution in [3.8, 4) is 0 Å². The molecular weight excluding hydrogens is 284 g/mol. The molecule has 0 spiro atoms. The zero-order valence-electron chi connectivity index (χ0n) is 15.1. The lowest BCUT2D eigenvalue weighted by atomic mass is 9.44. The van der Waals surface area contributed by atoms with E-state index in [1.54, 1.807) is 5.57 Å². The average molecular weight is 319 g/mol. The third-order valence-electron chi connectivity index (χ3n) is 8.86. The molecule has 4 aliphatic carbocycles. The molecule has 4 fully saturated rings. The smallest absolute Gasteiger partial charge is 0.0835 e. The SMILES string of the molecule is C/C=C1/CCC2C3C(CC[C@]12C)[C@@]1(C)CCCCC1[C@@H](O)[C@@H]3O. The summed E-state index contributed by atoms with van der Waals surface area (Å²) in [5, 5.41) is 22.0. The van der Waals surface area contributed by atoms with E-state index in [9.17, 15) is 10.2 Å². The highest BCUT2D eigenvalue weighted by Gasteiger charge is 2.63. The van der Waals surface area contributed by atoms with Crippen molar-refractivity contribution in [2.75, 3.05) is 0 Å². The zero-order valence-corrected chi connectivity index (χ0v) is 15.1. The van der Waals surface area contributed by atoms with Crippen molar-refractivity contribution in [2.45, 2.75) is 84.3 Å². The Morgan fingerprint density at radius 3 is 2.43 bits per heavy atom. The molecule has 0 amide bonds. The molecule has 0 aromatic heterocycles. The van der Waals surface area contributed by atoms with Gasteiger partial charge in [-0.25, -0.2) is 0 Å². The third-order valence-corrected chi connectivity index (χ3v) is 8.86. The van der Waals surface area contributed by atoms with E-state index in [-0.39, 0.29) is 10.8 Å². The van der Waals surface area contributed by atoms with Crippen LogP contribution in [0.4, 0.5) is 0 Å². The Hall–Kier alpha value is -0.340. The maximum absolute atomic E-state index is 11.1. The highest BCUT2D eigenvalue weighted by molar-refractivity contribution is 5.24. The first kappa shape index (κ1) is 16.1. The Morgan fingerprint density at radius 1 is 0.913 bits per heavy atom. The second-order valence-corrected chi connectivity index (χ2v) is 9.44. The van der Waals surface area contributed by atoms with Gasteiger partial charge in [0, 0.05) is 0 Å². The summed E-state index contributed by atoms with van der Waals surface area (Å²) >= 11 is 0. The van der Waals surface area contributed by atoms with Gasteiger partial charge in [-0.2, -0.15) is 0 Å². The number of fused-ring (bicyclic) bond motifs is 5. The molecule has 4 aliphatic rings. The number of aliphatic hydroxyl groups excluding tert-OH is 2. The minimum Gasteiger partial charge on any atom is -0.390 e. The van der Waals surface area contributed by atoms with Crippen LogP contribution in [0.5, 0.6) is 0 Å². The van der Waals surface area contributed by atoms with Crippen LogP contribution in [-0.4, -0.2) is 22.4 Å². The molecule has 2 heteroatoms. The number of rotatable bonds is 0. The molecule has 0 aromatic carbocycles. The van der Waals surface area contributed by atoms with E-state index in [4.69, 9.17) is 0 Å². The minimum absolute atomic E-state index is 0.252. The van der Waals surface area contributed by atoms with Gasteiger partial charge in [0.1, 0.15) is 0 Å². The van der Waals surface area contributed by atoms with Crippen molar-refractivity contribution in [1.82, 2.24) is 0 Å². The van der Waals surface area contributed by atoms with Crippen molar-refractivity contribution in [3.63, 3.8) is 0 Å². The fourth-order valence-electron chi connectivity index (χ4n) is 7.64. The number of aliphatic hydroxyl groups is 2. The molecule has 8 atom stereocenters. The van der Waals surface area contributed by atoms with Gasteiger partial charge in [-0.05, 0) is 80.0 Å². The lowest BCUT2D eigenvalue weighted by Gasteiger charge is -2.62. The molecular formula is C21H34O2. The third kappa shape index (κ3) is 2.00. The predicted molar refractivity (Wildman–Crippen MR) is 92.9 cm³/mol. The zero-order chi connectivity index (χ0) is 16.4. The Bertz CT molecular complexity index is 512. The summed E-state index contributed by atoms with van der Waals surface area (Å²) in [5.41, 5.74) is 2.13. The van der Waals surface area contributed by atoms with Gasteiger partial charge >= 0.3 is 0 Å². The maximum Gasteiger partial charge on any atom is 0.0835 e. The molecule has 0 aromatic rings. The van der Waals surface area contributed by atoms with Gasteiger partial charge in [-0.15, -0.1) is 0 Å². The molecule has 2 nitrogen and oxygen atoms in total. The Balaban J connectivity index is 1.74. The van der Waals surface area contributed by atoms with Gasteiger partial charge in [-0.3, -0.25) is 0 Å². The molecule has 4 saturated carbocycles. The first-order valence-electron chi connectivity index (χ1n) is 9.95. The van der Waals surface area contributed by atoms with Crippen LogP contribution in [-0.2, 0) is 0 Å². The summed E-state index contributed by atoms with van der Waals surface area (Å²) < 4.78 is 0. The molecule has 2 N–H and O–H groups in total. The van der Waals surface area contributed by atoms with E-state index in [1.165, 1.54) is 44.9 Å². The number of allylic oxidation sites excluding steroid dienone is 2. The van der Waals surface area contributed by atoms with Crippen LogP contribution in [0.1, 0.15) is 72.1 Å². The molecule has 130 valence electrons. The Kier molecular flexibility index (Phi) is 3.74. The van der Waals surface area contributed by atoms with Crippen LogP contribution in [0, 0.1) is 34.5 Å². The molecule has 0 bridgehead atoms. The van der Waals surface area contributed by atoms with E-state index >= 15 is 0 Å². The number of hydrogen-bond acceptors (Lipinski definition) is 2. The monoisotopic (exact) mass is 318 g/mol. The van der Waals surface area contributed by atoms with Gasteiger partial charge in [0.05, 0.1) is 12.2 Å². The van der Waals surface area contributed by atoms with Crippen molar-refractivity contribution in [1.29, 1.82) is 0 Å². The van der Waals surface area contributed by atoms with Crippen LogP contribution in [0.25, 0.3) is 0 Å². The predicted octanol–water partition coefficient (Wildman–Crippen LogP) is 4.31. The highest BCUT2D eigenvalue weighted by atomic mass is 16.3. The standard InChI is InChI=1S/C21H34O2/c1-4-13-8-9-14-17-15(10-12-20(13,14)2)21(3)11-6-5-7-16(21)18(22)19(17)23/h4,14-19,22-23H,5-12H2,1-3H3/b13-4-/t14?,15?,16?,17?,18-,19-,20-,21-/m1/s1. The fraction of sp³-hybridized carbons (Fsp3) is 0.905. The fourth-order valence-corrected chi connectivity index (χ4v) is 7.64. The van der Waals surface area contributed by atoms with Gasteiger partial charge in [0.15, 0.2) is 0 Å². The van der Waals surface area contributed by atoms with Gasteiger partial charge in [-0.1, -0.05) is 38.3 Å². The summed E-state index contributed by atoms with van der Waals surface area (Å²) in [4.78, 5) is 0. The van der Waals surface area contributed by atoms with Crippen molar-refractivity contribution in [3.05, 3.63) is 11.6 Å². The first-order chi connectivity index (χ1) is 10.9. The van der Waals surface area contributed by atoms with E-state index in [0.29, 0.717) is 23.7 Å². The van der Waals surface area contributed by atoms with E-state index in [1.807, 2.05) is 0 Å². The second-order valence-electron chi connectivity index (χ2n) is 9.44. The molecule has 0 saturated heterocycles. The van der Waals surface area contributed by atoms with Gasteiger partial charge in [0.25, 0.3) is 0 Å². The molecule has 0 radical (unpaired) electrons. The first-order valence-corrected chi connectivity index (χ1v) is 9.95. The minimum atomic E-state index is -0.503. The maximum atomic E-state index is 11.1. The lowest BCUT2D eigenvalue weighted by molar-refractivity contribution is -0.209. The molecule has 4 rings (SSSR count). The second kappa shape index (κ2) is 5.33. The van der Waals surface area contributed by atoms with Crippen LogP contribution in [0.3, 0.4) is 0 Å². The number of hydrogen-bond donors (Lipinski definition) is 2. The highest BCUT2D eigenvalue weighted by Crippen LogP contribution is 2.67. The Morgan fingerprint density at radius 2 is 1.70 bits per heavy atom. The largest absolute Gasteiger partial charge is 0.390 e. The molecule has 4 unspecified atom stereocenters. The van der Waals surface area contributed by atoms with Crippen LogP contribution >= 0.6 is 0 Å². The lowest BCUT2D eigenvalue weighted by Crippen LogP contribution is -2.62. The van der Waals surface area contributed by atoms with E-state index < -0.39 is 12.2 Å². The summed E-state index contributed by atoms with van der Waals surface area (Å²) in [6, 6.07) is 0. The summed E-state index contributed by atoms with van der Waals surface area (Å²) in [7, 11) is 0. The Labute approximate surface area is 141 Å². The van der Waals surface area contributed by atoms with Crippen molar-refractivity contribution in [2.24, 2.45) is 34.5 Å². The molecule has 0 aliphatic heterocycles. The summed E-state index contributed by atoms with van der Waals surface area (Å²) in [5.74, 6) is 1.80. The van der Waals surface area contributed by atoms with Crippen molar-refractivity contribution >= 4 is 0 Å². The van der Waals surface area contributed by atoms with Gasteiger partial charge in [0.2, 0.25) is 0 Å². The van der Waals surface area contributed by atoms with E-state index in [0.717, 1.165) is 6.42 Å². The normalized spacial score (nSPS) is 57.7. The topological polar surface area (TPSA) is 40.5 Å². The van der Waals surface area contributed by atoms with Gasteiger partial charge < -0.3 is 10.2 Å². The average Bonchev–Trinajstić information content (AvgIpc) is 2.88. The van der Waals surface area contributed by atoms with Crippen LogP contribution < -0.4 is 0 Å². The van der Waals surface area contributed by atoms with Crippen LogP contribution in [0.2, 0.25) is 0 Å². The summed E-state index contributed by atoms with van der Waals surface area (Å²) in [6.45, 7) is 7.06. The molecule has 0 heterocycles. The summed E-state index contributed by atoms with van der Waals surface area (Å²) in [6.07, 6.45) is 11.2. The van der Waals surface area contributed by atoms with Crippen LogP contribution in [0.15, 0.2) is 11.6 Å². The van der Waals surface area contributed by atoms with Crippen molar-refractivity contribution < 1.29 is 10.2 Å². The van der Waals surface area contributed by atoms with E-state index in [2.05, 4.69) is 26.8 Å².